The number of furan rings is 1. The first kappa shape index (κ1) is 23.3. The van der Waals surface area contributed by atoms with Gasteiger partial charge in [-0.15, -0.1) is 0 Å². The first-order valence-corrected chi connectivity index (χ1v) is 12.1. The summed E-state index contributed by atoms with van der Waals surface area (Å²) < 4.78 is 5.85. The summed E-state index contributed by atoms with van der Waals surface area (Å²) in [5.74, 6) is 3.27. The van der Waals surface area contributed by atoms with Gasteiger partial charge in [-0.3, -0.25) is 9.69 Å². The van der Waals surface area contributed by atoms with Crippen molar-refractivity contribution in [3.63, 3.8) is 0 Å². The molecule has 1 aliphatic rings. The molecule has 33 heavy (non-hydrogen) atoms. The zero-order valence-corrected chi connectivity index (χ0v) is 20.3. The SMILES string of the molecule is Cc1ccc(C(=O)N(CC(C)C)CC2CN(Cc3ccc(C)o3)CC2c2ccccc2)cc1. The van der Waals surface area contributed by atoms with Crippen LogP contribution in [-0.2, 0) is 6.54 Å². The molecule has 2 aromatic carbocycles. The molecular weight excluding hydrogens is 408 g/mol. The maximum Gasteiger partial charge on any atom is 0.253 e. The van der Waals surface area contributed by atoms with Gasteiger partial charge in [0.05, 0.1) is 6.54 Å². The van der Waals surface area contributed by atoms with E-state index in [-0.39, 0.29) is 5.91 Å². The van der Waals surface area contributed by atoms with Crippen molar-refractivity contribution in [1.82, 2.24) is 9.80 Å². The largest absolute Gasteiger partial charge is 0.465 e. The van der Waals surface area contributed by atoms with E-state index in [9.17, 15) is 4.79 Å². The Bertz CT molecular complexity index is 1040. The molecule has 4 nitrogen and oxygen atoms in total. The molecule has 0 bridgehead atoms. The minimum Gasteiger partial charge on any atom is -0.465 e. The Morgan fingerprint density at radius 3 is 2.36 bits per heavy atom. The molecule has 4 rings (SSSR count). The van der Waals surface area contributed by atoms with E-state index < -0.39 is 0 Å². The Morgan fingerprint density at radius 1 is 1.00 bits per heavy atom. The van der Waals surface area contributed by atoms with Crippen molar-refractivity contribution in [2.24, 2.45) is 11.8 Å². The minimum absolute atomic E-state index is 0.135. The fourth-order valence-corrected chi connectivity index (χ4v) is 4.99. The number of likely N-dealkylation sites (tertiary alicyclic amines) is 1. The standard InChI is InChI=1S/C29H36N2O2/c1-21(2)16-31(29(32)25-13-10-22(3)11-14-25)18-26-17-30(19-27-15-12-23(4)33-27)20-28(26)24-8-6-5-7-9-24/h5-15,21,26,28H,16-20H2,1-4H3. The molecule has 1 fully saturated rings. The zero-order valence-electron chi connectivity index (χ0n) is 20.3. The van der Waals surface area contributed by atoms with Gasteiger partial charge in [0.25, 0.3) is 5.91 Å². The molecule has 1 saturated heterocycles. The van der Waals surface area contributed by atoms with Gasteiger partial charge in [-0.2, -0.15) is 0 Å². The normalized spacial score (nSPS) is 18.7. The highest BCUT2D eigenvalue weighted by Gasteiger charge is 2.36. The monoisotopic (exact) mass is 444 g/mol. The average Bonchev–Trinajstić information content (AvgIpc) is 3.39. The van der Waals surface area contributed by atoms with E-state index in [1.54, 1.807) is 0 Å². The summed E-state index contributed by atoms with van der Waals surface area (Å²) in [5, 5.41) is 0. The molecule has 2 unspecified atom stereocenters. The van der Waals surface area contributed by atoms with Crippen LogP contribution in [0, 0.1) is 25.7 Å². The number of aryl methyl sites for hydroxylation is 2. The third-order valence-electron chi connectivity index (χ3n) is 6.55. The number of carbonyl (C=O) groups is 1. The van der Waals surface area contributed by atoms with Crippen molar-refractivity contribution in [3.05, 3.63) is 94.9 Å². The van der Waals surface area contributed by atoms with Crippen LogP contribution in [0.1, 0.15) is 52.8 Å². The van der Waals surface area contributed by atoms with Gasteiger partial charge in [-0.25, -0.2) is 0 Å². The second kappa shape index (κ2) is 10.4. The van der Waals surface area contributed by atoms with E-state index in [0.29, 0.717) is 17.8 Å². The molecule has 2 atom stereocenters. The number of carbonyl (C=O) groups excluding carboxylic acids is 1. The molecule has 1 amide bonds. The van der Waals surface area contributed by atoms with E-state index in [1.807, 2.05) is 37.3 Å². The highest BCUT2D eigenvalue weighted by Crippen LogP contribution is 2.34. The molecule has 0 N–H and O–H groups in total. The molecule has 0 radical (unpaired) electrons. The summed E-state index contributed by atoms with van der Waals surface area (Å²) in [4.78, 5) is 18.1. The lowest BCUT2D eigenvalue weighted by molar-refractivity contribution is 0.0703. The van der Waals surface area contributed by atoms with Crippen LogP contribution in [0.3, 0.4) is 0 Å². The second-order valence-electron chi connectivity index (χ2n) is 9.95. The van der Waals surface area contributed by atoms with Crippen molar-refractivity contribution in [2.75, 3.05) is 26.2 Å². The molecule has 3 aromatic rings. The van der Waals surface area contributed by atoms with Gasteiger partial charge in [0.2, 0.25) is 0 Å². The molecule has 4 heteroatoms. The van der Waals surface area contributed by atoms with Crippen molar-refractivity contribution < 1.29 is 9.21 Å². The van der Waals surface area contributed by atoms with Crippen LogP contribution in [0.15, 0.2) is 71.1 Å². The first-order chi connectivity index (χ1) is 15.9. The maximum absolute atomic E-state index is 13.5. The van der Waals surface area contributed by atoms with Gasteiger partial charge in [0.15, 0.2) is 0 Å². The number of hydrogen-bond donors (Lipinski definition) is 0. The quantitative estimate of drug-likeness (QED) is 0.433. The van der Waals surface area contributed by atoms with Gasteiger partial charge in [-0.05, 0) is 55.5 Å². The second-order valence-corrected chi connectivity index (χ2v) is 9.95. The van der Waals surface area contributed by atoms with Crippen LogP contribution < -0.4 is 0 Å². The Labute approximate surface area is 198 Å². The zero-order chi connectivity index (χ0) is 23.4. The number of hydrogen-bond acceptors (Lipinski definition) is 3. The smallest absolute Gasteiger partial charge is 0.253 e. The van der Waals surface area contributed by atoms with Crippen LogP contribution in [0.25, 0.3) is 0 Å². The predicted molar refractivity (Wildman–Crippen MR) is 133 cm³/mol. The lowest BCUT2D eigenvalue weighted by atomic mass is 9.88. The molecule has 0 spiro atoms. The Morgan fingerprint density at radius 2 is 1.73 bits per heavy atom. The number of benzene rings is 2. The van der Waals surface area contributed by atoms with Gasteiger partial charge in [0, 0.05) is 37.7 Å². The molecule has 1 aliphatic heterocycles. The first-order valence-electron chi connectivity index (χ1n) is 12.1. The highest BCUT2D eigenvalue weighted by atomic mass is 16.3. The summed E-state index contributed by atoms with van der Waals surface area (Å²) in [5.41, 5.74) is 3.30. The van der Waals surface area contributed by atoms with Crippen LogP contribution >= 0.6 is 0 Å². The summed E-state index contributed by atoms with van der Waals surface area (Å²) in [6.07, 6.45) is 0. The molecule has 0 saturated carbocycles. The van der Waals surface area contributed by atoms with E-state index >= 15 is 0 Å². The van der Waals surface area contributed by atoms with Crippen molar-refractivity contribution >= 4 is 5.91 Å². The molecule has 174 valence electrons. The third kappa shape index (κ3) is 5.94. The van der Waals surface area contributed by atoms with Crippen LogP contribution in [0.2, 0.25) is 0 Å². The van der Waals surface area contributed by atoms with Gasteiger partial charge < -0.3 is 9.32 Å². The molecule has 2 heterocycles. The molecule has 0 aliphatic carbocycles. The average molecular weight is 445 g/mol. The lowest BCUT2D eigenvalue weighted by Gasteiger charge is -2.30. The summed E-state index contributed by atoms with van der Waals surface area (Å²) >= 11 is 0. The van der Waals surface area contributed by atoms with Crippen LogP contribution in [0.5, 0.6) is 0 Å². The predicted octanol–water partition coefficient (Wildman–Crippen LogP) is 5.91. The summed E-state index contributed by atoms with van der Waals surface area (Å²) in [6, 6.07) is 22.8. The number of rotatable bonds is 8. The van der Waals surface area contributed by atoms with E-state index in [1.165, 1.54) is 11.1 Å². The lowest BCUT2D eigenvalue weighted by Crippen LogP contribution is -2.39. The van der Waals surface area contributed by atoms with Gasteiger partial charge >= 0.3 is 0 Å². The van der Waals surface area contributed by atoms with Gasteiger partial charge in [0.1, 0.15) is 11.5 Å². The Kier molecular flexibility index (Phi) is 7.34. The van der Waals surface area contributed by atoms with Crippen LogP contribution in [-0.4, -0.2) is 41.9 Å². The highest BCUT2D eigenvalue weighted by molar-refractivity contribution is 5.94. The third-order valence-corrected chi connectivity index (χ3v) is 6.55. The Balaban J connectivity index is 1.56. The van der Waals surface area contributed by atoms with Crippen molar-refractivity contribution in [1.29, 1.82) is 0 Å². The molecular formula is C29H36N2O2. The van der Waals surface area contributed by atoms with Gasteiger partial charge in [-0.1, -0.05) is 61.9 Å². The number of nitrogens with zero attached hydrogens (tertiary/aromatic N) is 2. The van der Waals surface area contributed by atoms with Crippen LogP contribution in [0.4, 0.5) is 0 Å². The van der Waals surface area contributed by atoms with E-state index in [4.69, 9.17) is 4.42 Å². The van der Waals surface area contributed by atoms with Crippen molar-refractivity contribution in [2.45, 2.75) is 40.2 Å². The molecule has 1 aromatic heterocycles. The summed E-state index contributed by atoms with van der Waals surface area (Å²) in [6.45, 7) is 12.7. The number of amides is 1. The fraction of sp³-hybridized carbons (Fsp3) is 0.414. The minimum atomic E-state index is 0.135. The fourth-order valence-electron chi connectivity index (χ4n) is 4.99. The maximum atomic E-state index is 13.5. The van der Waals surface area contributed by atoms with E-state index in [2.05, 4.69) is 67.0 Å². The van der Waals surface area contributed by atoms with Crippen molar-refractivity contribution in [3.8, 4) is 0 Å². The topological polar surface area (TPSA) is 36.7 Å². The summed E-state index contributed by atoms with van der Waals surface area (Å²) in [7, 11) is 0. The Hall–Kier alpha value is -2.85. The van der Waals surface area contributed by atoms with E-state index in [0.717, 1.165) is 49.8 Å².